The summed E-state index contributed by atoms with van der Waals surface area (Å²) in [5, 5.41) is 15.0. The number of ketones is 1. The third kappa shape index (κ3) is 5.01. The van der Waals surface area contributed by atoms with E-state index in [4.69, 9.17) is 27.9 Å². The summed E-state index contributed by atoms with van der Waals surface area (Å²) in [5.74, 6) is -0.478. The van der Waals surface area contributed by atoms with Crippen molar-refractivity contribution in [3.8, 4) is 5.75 Å². The number of aliphatic imine (C=N–C) groups is 1. The number of thioether (sulfide) groups is 1. The molecule has 2 atom stereocenters. The summed E-state index contributed by atoms with van der Waals surface area (Å²) in [6.07, 6.45) is 1.87. The molecular formula is C29H25Cl2N3O5S2. The van der Waals surface area contributed by atoms with Gasteiger partial charge in [-0.05, 0) is 41.3 Å². The highest BCUT2D eigenvalue weighted by molar-refractivity contribution is 8.00. The molecule has 2 aromatic rings. The molecule has 2 N–H and O–H groups in total. The predicted molar refractivity (Wildman–Crippen MR) is 161 cm³/mol. The Morgan fingerprint density at radius 1 is 1.27 bits per heavy atom. The molecule has 8 nitrogen and oxygen atoms in total. The zero-order valence-electron chi connectivity index (χ0n) is 22.1. The molecule has 1 aromatic heterocycles. The predicted octanol–water partition coefficient (Wildman–Crippen LogP) is 5.14. The number of hydrogen-bond acceptors (Lipinski definition) is 8. The van der Waals surface area contributed by atoms with Gasteiger partial charge in [0.15, 0.2) is 0 Å². The van der Waals surface area contributed by atoms with Crippen molar-refractivity contribution in [3.63, 3.8) is 0 Å². The number of rotatable bonds is 7. The third-order valence-electron chi connectivity index (χ3n) is 7.63. The van der Waals surface area contributed by atoms with Gasteiger partial charge in [-0.25, -0.2) is 9.79 Å². The SMILES string of the molecule is CC1(C)C2=C(Cl)C(=O)C(Cl)=CC2=Nc2ccc(OCC3=C(C(=O)O)N4CC(NC(=O)Cc5cccs5)C4SC3)cc21. The van der Waals surface area contributed by atoms with Gasteiger partial charge in [0.05, 0.1) is 39.3 Å². The lowest BCUT2D eigenvalue weighted by Crippen LogP contribution is -2.66. The molecule has 41 heavy (non-hydrogen) atoms. The molecule has 2 unspecified atom stereocenters. The largest absolute Gasteiger partial charge is 0.489 e. The summed E-state index contributed by atoms with van der Waals surface area (Å²) >= 11 is 15.6. The molecule has 0 spiro atoms. The Morgan fingerprint density at radius 3 is 2.80 bits per heavy atom. The number of carboxylic acid groups (broad SMARTS) is 1. The number of benzene rings is 1. The quantitative estimate of drug-likeness (QED) is 0.408. The van der Waals surface area contributed by atoms with Crippen LogP contribution >= 0.6 is 46.3 Å². The molecule has 4 heterocycles. The van der Waals surface area contributed by atoms with Crippen LogP contribution in [-0.2, 0) is 26.2 Å². The van der Waals surface area contributed by atoms with Crippen LogP contribution in [0.5, 0.6) is 5.75 Å². The van der Waals surface area contributed by atoms with E-state index >= 15 is 0 Å². The van der Waals surface area contributed by atoms with E-state index in [1.165, 1.54) is 11.3 Å². The molecule has 1 amide bonds. The molecular weight excluding hydrogens is 605 g/mol. The summed E-state index contributed by atoms with van der Waals surface area (Å²) in [7, 11) is 0. The summed E-state index contributed by atoms with van der Waals surface area (Å²) in [6, 6.07) is 9.21. The highest BCUT2D eigenvalue weighted by Gasteiger charge is 2.47. The zero-order chi connectivity index (χ0) is 29.1. The van der Waals surface area contributed by atoms with Crippen molar-refractivity contribution in [2.45, 2.75) is 37.1 Å². The van der Waals surface area contributed by atoms with Gasteiger partial charge in [0, 0.05) is 33.7 Å². The van der Waals surface area contributed by atoms with Crippen LogP contribution in [-0.4, -0.2) is 63.7 Å². The molecule has 4 aliphatic rings. The average Bonchev–Trinajstić information content (AvgIpc) is 3.41. The van der Waals surface area contributed by atoms with Crippen molar-refractivity contribution in [3.05, 3.63) is 79.1 Å². The second-order valence-corrected chi connectivity index (χ2v) is 13.6. The molecule has 6 rings (SSSR count). The number of Topliss-reactive ketones (excluding diaryl/α,β-unsaturated/α-hetero) is 1. The Labute approximate surface area is 254 Å². The molecule has 1 fully saturated rings. The Balaban J connectivity index is 1.17. The van der Waals surface area contributed by atoms with Crippen molar-refractivity contribution in [1.29, 1.82) is 0 Å². The Kier molecular flexibility index (Phi) is 7.30. The number of hydrogen-bond donors (Lipinski definition) is 2. The number of carbonyl (C=O) groups is 3. The van der Waals surface area contributed by atoms with Gasteiger partial charge >= 0.3 is 5.97 Å². The smallest absolute Gasteiger partial charge is 0.352 e. The first-order chi connectivity index (χ1) is 19.5. The fraction of sp³-hybridized carbons (Fsp3) is 0.310. The Bertz CT molecular complexity index is 1610. The lowest BCUT2D eigenvalue weighted by Gasteiger charge is -2.52. The summed E-state index contributed by atoms with van der Waals surface area (Å²) in [5.41, 5.74) is 2.97. The lowest BCUT2D eigenvalue weighted by molar-refractivity contribution is -0.135. The average molecular weight is 631 g/mol. The van der Waals surface area contributed by atoms with Gasteiger partial charge in [-0.3, -0.25) is 9.59 Å². The van der Waals surface area contributed by atoms with E-state index in [0.717, 1.165) is 16.1 Å². The summed E-state index contributed by atoms with van der Waals surface area (Å²) in [6.45, 7) is 4.45. The summed E-state index contributed by atoms with van der Waals surface area (Å²) in [4.78, 5) is 44.7. The third-order valence-corrected chi connectivity index (χ3v) is 10.6. The van der Waals surface area contributed by atoms with Gasteiger partial charge in [0.25, 0.3) is 0 Å². The van der Waals surface area contributed by atoms with Crippen LogP contribution in [0, 0.1) is 0 Å². The first kappa shape index (κ1) is 28.1. The first-order valence-corrected chi connectivity index (χ1v) is 15.6. The molecule has 0 radical (unpaired) electrons. The molecule has 1 aromatic carbocycles. The van der Waals surface area contributed by atoms with E-state index in [-0.39, 0.29) is 39.7 Å². The van der Waals surface area contributed by atoms with Crippen LogP contribution in [0.2, 0.25) is 0 Å². The minimum absolute atomic E-state index is 0.0288. The van der Waals surface area contributed by atoms with E-state index in [0.29, 0.717) is 41.3 Å². The number of fused-ring (bicyclic) bond motifs is 3. The first-order valence-electron chi connectivity index (χ1n) is 12.9. The number of amides is 1. The molecule has 212 valence electrons. The van der Waals surface area contributed by atoms with Crippen LogP contribution < -0.4 is 10.1 Å². The summed E-state index contributed by atoms with van der Waals surface area (Å²) < 4.78 is 6.12. The van der Waals surface area contributed by atoms with Gasteiger partial charge in [-0.1, -0.05) is 43.1 Å². The second kappa shape index (κ2) is 10.7. The minimum atomic E-state index is -1.01. The number of thiophene rings is 1. The van der Waals surface area contributed by atoms with Crippen LogP contribution in [0.25, 0.3) is 0 Å². The number of nitrogens with zero attached hydrogens (tertiary/aromatic N) is 2. The zero-order valence-corrected chi connectivity index (χ0v) is 25.2. The lowest BCUT2D eigenvalue weighted by atomic mass is 9.71. The van der Waals surface area contributed by atoms with Crippen LogP contribution in [0.4, 0.5) is 5.69 Å². The van der Waals surface area contributed by atoms with E-state index in [2.05, 4.69) is 10.3 Å². The number of nitrogens with one attached hydrogen (secondary N) is 1. The van der Waals surface area contributed by atoms with E-state index < -0.39 is 17.2 Å². The van der Waals surface area contributed by atoms with Crippen molar-refractivity contribution < 1.29 is 24.2 Å². The van der Waals surface area contributed by atoms with Crippen molar-refractivity contribution in [2.24, 2.45) is 4.99 Å². The van der Waals surface area contributed by atoms with E-state index in [1.807, 2.05) is 48.4 Å². The molecule has 3 aliphatic heterocycles. The number of ether oxygens (including phenoxy) is 1. The van der Waals surface area contributed by atoms with Gasteiger partial charge in [0.2, 0.25) is 11.7 Å². The van der Waals surface area contributed by atoms with Crippen LogP contribution in [0.3, 0.4) is 0 Å². The van der Waals surface area contributed by atoms with Crippen LogP contribution in [0.1, 0.15) is 24.3 Å². The number of halogens is 2. The van der Waals surface area contributed by atoms with Crippen molar-refractivity contribution in [2.75, 3.05) is 18.9 Å². The second-order valence-electron chi connectivity index (χ2n) is 10.6. The maximum absolute atomic E-state index is 12.5. The number of allylic oxidation sites excluding steroid dienone is 4. The maximum Gasteiger partial charge on any atom is 0.352 e. The number of carboxylic acids is 1. The molecule has 12 heteroatoms. The normalized spacial score (nSPS) is 22.6. The standard InChI is InChI=1S/C29H25Cl2N3O5S2/c1-29(2)17-8-15(5-6-19(17)32-20-10-18(30)26(36)24(31)23(20)29)39-12-14-13-41-27-21(11-34(27)25(14)28(37)38)33-22(35)9-16-4-3-7-40-16/h3-8,10,21,27H,9,11-13H2,1-2H3,(H,33,35)(H,37,38). The maximum atomic E-state index is 12.5. The molecule has 0 saturated carbocycles. The highest BCUT2D eigenvalue weighted by Crippen LogP contribution is 2.48. The van der Waals surface area contributed by atoms with Gasteiger partial charge < -0.3 is 20.1 Å². The number of aliphatic carboxylic acids is 1. The number of carbonyl (C=O) groups excluding carboxylic acids is 2. The minimum Gasteiger partial charge on any atom is -0.489 e. The van der Waals surface area contributed by atoms with E-state index in [9.17, 15) is 19.5 Å². The van der Waals surface area contributed by atoms with Gasteiger partial charge in [-0.15, -0.1) is 23.1 Å². The fourth-order valence-corrected chi connectivity index (χ4v) is 8.34. The van der Waals surface area contributed by atoms with Crippen LogP contribution in [0.15, 0.2) is 73.7 Å². The van der Waals surface area contributed by atoms with Crippen molar-refractivity contribution >= 4 is 75.4 Å². The van der Waals surface area contributed by atoms with E-state index in [1.54, 1.807) is 23.9 Å². The highest BCUT2D eigenvalue weighted by atomic mass is 35.5. The van der Waals surface area contributed by atoms with Gasteiger partial charge in [-0.2, -0.15) is 0 Å². The Morgan fingerprint density at radius 2 is 2.07 bits per heavy atom. The van der Waals surface area contributed by atoms with Crippen molar-refractivity contribution in [1.82, 2.24) is 10.2 Å². The fourth-order valence-electron chi connectivity index (χ4n) is 5.61. The molecule has 0 bridgehead atoms. The monoisotopic (exact) mass is 629 g/mol. The molecule has 1 saturated heterocycles. The topological polar surface area (TPSA) is 108 Å². The Hall–Kier alpha value is -3.05. The van der Waals surface area contributed by atoms with Gasteiger partial charge in [0.1, 0.15) is 18.1 Å². The molecule has 1 aliphatic carbocycles.